The Balaban J connectivity index is 1.60. The monoisotopic (exact) mass is 533 g/mol. The third kappa shape index (κ3) is 6.02. The average molecular weight is 534 g/mol. The van der Waals surface area contributed by atoms with E-state index in [2.05, 4.69) is 29.1 Å². The first kappa shape index (κ1) is 27.6. The predicted octanol–water partition coefficient (Wildman–Crippen LogP) is 4.21. The number of nitrogens with zero attached hydrogens (tertiary/aromatic N) is 4. The van der Waals surface area contributed by atoms with Crippen LogP contribution in [0.25, 0.3) is 11.3 Å². The molecule has 1 aliphatic rings. The molecule has 1 aliphatic heterocycles. The SMILES string of the molecule is CC(C)c1ccnc(NC(=O)c2ccc(-c3nc(C4CCCN4C(=O)OC(C)(C)C)n(N)c3C(N)=O)cc2)c1. The number of ether oxygens (including phenoxy) is 1. The Morgan fingerprint density at radius 1 is 1.13 bits per heavy atom. The fourth-order valence-corrected chi connectivity index (χ4v) is 4.54. The Hall–Kier alpha value is -4.41. The first-order valence-corrected chi connectivity index (χ1v) is 12.9. The first-order chi connectivity index (χ1) is 18.4. The summed E-state index contributed by atoms with van der Waals surface area (Å²) in [6.07, 6.45) is 2.53. The molecule has 0 spiro atoms. The number of amides is 3. The molecule has 1 atom stereocenters. The van der Waals surface area contributed by atoms with Gasteiger partial charge in [-0.1, -0.05) is 26.0 Å². The highest BCUT2D eigenvalue weighted by atomic mass is 16.6. The molecule has 5 N–H and O–H groups in total. The zero-order chi connectivity index (χ0) is 28.5. The topological polar surface area (TPSA) is 158 Å². The number of aromatic nitrogens is 3. The average Bonchev–Trinajstić information content (AvgIpc) is 3.48. The van der Waals surface area contributed by atoms with Crippen molar-refractivity contribution in [2.45, 2.75) is 65.0 Å². The number of benzene rings is 1. The number of nitrogens with two attached hydrogens (primary N) is 2. The lowest BCUT2D eigenvalue weighted by Gasteiger charge is -2.28. The van der Waals surface area contributed by atoms with Crippen LogP contribution in [0.4, 0.5) is 10.6 Å². The number of carbonyl (C=O) groups is 3. The summed E-state index contributed by atoms with van der Waals surface area (Å²) in [6, 6.07) is 9.87. The number of anilines is 1. The van der Waals surface area contributed by atoms with Gasteiger partial charge in [-0.2, -0.15) is 0 Å². The molecule has 39 heavy (non-hydrogen) atoms. The first-order valence-electron chi connectivity index (χ1n) is 12.9. The number of hydrogen-bond acceptors (Lipinski definition) is 7. The van der Waals surface area contributed by atoms with Crippen LogP contribution < -0.4 is 16.9 Å². The largest absolute Gasteiger partial charge is 0.444 e. The van der Waals surface area contributed by atoms with Gasteiger partial charge in [-0.05, 0) is 69.4 Å². The number of rotatable bonds is 6. The lowest BCUT2D eigenvalue weighted by molar-refractivity contribution is 0.0217. The summed E-state index contributed by atoms with van der Waals surface area (Å²) >= 11 is 0. The number of likely N-dealkylation sites (tertiary alicyclic amines) is 1. The van der Waals surface area contributed by atoms with Crippen molar-refractivity contribution in [2.75, 3.05) is 17.7 Å². The van der Waals surface area contributed by atoms with Crippen LogP contribution in [-0.2, 0) is 4.74 Å². The molecule has 3 aromatic rings. The van der Waals surface area contributed by atoms with Crippen LogP contribution in [-0.4, -0.2) is 49.6 Å². The van der Waals surface area contributed by atoms with Crippen molar-refractivity contribution >= 4 is 23.7 Å². The lowest BCUT2D eigenvalue weighted by atomic mass is 10.0. The van der Waals surface area contributed by atoms with E-state index in [1.165, 1.54) is 0 Å². The molecular formula is C28H35N7O4. The molecule has 3 amide bonds. The summed E-state index contributed by atoms with van der Waals surface area (Å²) in [6.45, 7) is 10.0. The summed E-state index contributed by atoms with van der Waals surface area (Å²) in [5, 5.41) is 2.81. The normalized spacial score (nSPS) is 15.4. The van der Waals surface area contributed by atoms with Gasteiger partial charge in [0.15, 0.2) is 11.5 Å². The van der Waals surface area contributed by atoms with E-state index in [0.29, 0.717) is 41.7 Å². The highest BCUT2D eigenvalue weighted by Gasteiger charge is 2.37. The summed E-state index contributed by atoms with van der Waals surface area (Å²) in [7, 11) is 0. The number of pyridine rings is 1. The number of hydrogen-bond donors (Lipinski definition) is 3. The van der Waals surface area contributed by atoms with Crippen molar-refractivity contribution in [3.05, 3.63) is 65.2 Å². The number of carbonyl (C=O) groups excluding carboxylic acids is 3. The van der Waals surface area contributed by atoms with Gasteiger partial charge in [0.25, 0.3) is 11.8 Å². The Kier molecular flexibility index (Phi) is 7.62. The van der Waals surface area contributed by atoms with E-state index in [0.717, 1.165) is 16.7 Å². The van der Waals surface area contributed by atoms with E-state index in [-0.39, 0.29) is 17.3 Å². The Morgan fingerprint density at radius 3 is 2.44 bits per heavy atom. The van der Waals surface area contributed by atoms with Crippen molar-refractivity contribution in [2.24, 2.45) is 5.73 Å². The van der Waals surface area contributed by atoms with E-state index >= 15 is 0 Å². The predicted molar refractivity (Wildman–Crippen MR) is 148 cm³/mol. The van der Waals surface area contributed by atoms with Gasteiger partial charge in [-0.15, -0.1) is 0 Å². The number of imidazole rings is 1. The zero-order valence-corrected chi connectivity index (χ0v) is 22.9. The van der Waals surface area contributed by atoms with Gasteiger partial charge in [-0.25, -0.2) is 19.4 Å². The van der Waals surface area contributed by atoms with Crippen LogP contribution in [0.5, 0.6) is 0 Å². The van der Waals surface area contributed by atoms with Crippen molar-refractivity contribution in [1.29, 1.82) is 0 Å². The Morgan fingerprint density at radius 2 is 1.82 bits per heavy atom. The molecule has 1 saturated heterocycles. The second-order valence-electron chi connectivity index (χ2n) is 10.9. The van der Waals surface area contributed by atoms with E-state index in [9.17, 15) is 14.4 Å². The minimum absolute atomic E-state index is 0.00735. The molecule has 1 unspecified atom stereocenters. The Bertz CT molecular complexity index is 1390. The fraction of sp³-hybridized carbons (Fsp3) is 0.393. The quantitative estimate of drug-likeness (QED) is 0.400. The van der Waals surface area contributed by atoms with Crippen LogP contribution in [0, 0.1) is 0 Å². The molecule has 1 aromatic carbocycles. The van der Waals surface area contributed by atoms with Gasteiger partial charge < -0.3 is 21.6 Å². The number of primary amides is 1. The van der Waals surface area contributed by atoms with Crippen molar-refractivity contribution in [3.63, 3.8) is 0 Å². The molecule has 0 radical (unpaired) electrons. The molecule has 0 bridgehead atoms. The molecule has 11 heteroatoms. The maximum absolute atomic E-state index is 12.8. The molecule has 3 heterocycles. The maximum Gasteiger partial charge on any atom is 0.410 e. The van der Waals surface area contributed by atoms with Gasteiger partial charge in [0.2, 0.25) is 0 Å². The van der Waals surface area contributed by atoms with Crippen molar-refractivity contribution in [3.8, 4) is 11.3 Å². The van der Waals surface area contributed by atoms with E-state index in [4.69, 9.17) is 16.3 Å². The van der Waals surface area contributed by atoms with Crippen molar-refractivity contribution in [1.82, 2.24) is 19.5 Å². The second kappa shape index (κ2) is 10.8. The summed E-state index contributed by atoms with van der Waals surface area (Å²) < 4.78 is 6.71. The summed E-state index contributed by atoms with van der Waals surface area (Å²) in [5.74, 6) is 6.33. The molecule has 1 fully saturated rings. The molecule has 0 saturated carbocycles. The molecule has 2 aromatic heterocycles. The number of nitrogens with one attached hydrogen (secondary N) is 1. The lowest BCUT2D eigenvalue weighted by Crippen LogP contribution is -2.38. The van der Waals surface area contributed by atoms with E-state index in [1.807, 2.05) is 12.1 Å². The third-order valence-electron chi connectivity index (χ3n) is 6.46. The minimum Gasteiger partial charge on any atom is -0.444 e. The Labute approximate surface area is 227 Å². The highest BCUT2D eigenvalue weighted by molar-refractivity contribution is 6.04. The molecular weight excluding hydrogens is 498 g/mol. The standard InChI is InChI=1S/C28H35N7O4/c1-16(2)19-12-13-31-21(15-19)32-26(37)18-10-8-17(9-11-18)22-23(24(29)36)35(30)25(33-22)20-7-6-14-34(20)27(38)39-28(3,4)5/h8-13,15-16,20H,6-7,14,30H2,1-5H3,(H2,29,36)(H,31,32,37). The van der Waals surface area contributed by atoms with E-state index in [1.54, 1.807) is 56.1 Å². The molecule has 206 valence electrons. The van der Waals surface area contributed by atoms with Gasteiger partial charge >= 0.3 is 6.09 Å². The van der Waals surface area contributed by atoms with Crippen LogP contribution in [0.2, 0.25) is 0 Å². The second-order valence-corrected chi connectivity index (χ2v) is 10.9. The highest BCUT2D eigenvalue weighted by Crippen LogP contribution is 2.35. The van der Waals surface area contributed by atoms with Gasteiger partial charge in [-0.3, -0.25) is 14.5 Å². The van der Waals surface area contributed by atoms with Crippen molar-refractivity contribution < 1.29 is 19.1 Å². The minimum atomic E-state index is -0.758. The van der Waals surface area contributed by atoms with Gasteiger partial charge in [0, 0.05) is 23.9 Å². The van der Waals surface area contributed by atoms with Crippen LogP contribution in [0.1, 0.15) is 91.7 Å². The van der Waals surface area contributed by atoms with E-state index < -0.39 is 23.6 Å². The number of nitrogen functional groups attached to an aromatic ring is 1. The van der Waals surface area contributed by atoms with Crippen LogP contribution >= 0.6 is 0 Å². The smallest absolute Gasteiger partial charge is 0.410 e. The summed E-state index contributed by atoms with van der Waals surface area (Å²) in [4.78, 5) is 48.5. The molecule has 4 rings (SSSR count). The van der Waals surface area contributed by atoms with Gasteiger partial charge in [0.05, 0.1) is 6.04 Å². The summed E-state index contributed by atoms with van der Waals surface area (Å²) in [5.41, 5.74) is 7.32. The maximum atomic E-state index is 12.8. The molecule has 0 aliphatic carbocycles. The molecule has 11 nitrogen and oxygen atoms in total. The van der Waals surface area contributed by atoms with Crippen LogP contribution in [0.3, 0.4) is 0 Å². The van der Waals surface area contributed by atoms with Crippen LogP contribution in [0.15, 0.2) is 42.6 Å². The fourth-order valence-electron chi connectivity index (χ4n) is 4.54. The van der Waals surface area contributed by atoms with Gasteiger partial charge in [0.1, 0.15) is 17.1 Å². The zero-order valence-electron chi connectivity index (χ0n) is 22.9. The third-order valence-corrected chi connectivity index (χ3v) is 6.46.